The number of carbonyl (C=O) groups is 1. The normalized spacial score (nSPS) is 10.2. The third-order valence-corrected chi connectivity index (χ3v) is 3.87. The predicted molar refractivity (Wildman–Crippen MR) is 99.9 cm³/mol. The van der Waals surface area contributed by atoms with Crippen LogP contribution in [0.15, 0.2) is 72.8 Å². The van der Waals surface area contributed by atoms with Crippen LogP contribution in [0.2, 0.25) is 0 Å². The Hall–Kier alpha value is -3.07. The standard InChI is InChI=1S/C21H20N2O/c1-16-3-9-19(10-4-16)22-23(20-11-5-17(2)6-12-20)21-13-7-18(15-24)8-14-21/h3-15,22H,1-2H3. The van der Waals surface area contributed by atoms with Crippen molar-refractivity contribution in [2.75, 3.05) is 10.4 Å². The zero-order valence-corrected chi connectivity index (χ0v) is 13.9. The van der Waals surface area contributed by atoms with Crippen LogP contribution in [0.25, 0.3) is 0 Å². The summed E-state index contributed by atoms with van der Waals surface area (Å²) in [5.74, 6) is 0. The Kier molecular flexibility index (Phi) is 4.62. The minimum Gasteiger partial charge on any atom is -0.298 e. The fourth-order valence-corrected chi connectivity index (χ4v) is 2.43. The zero-order chi connectivity index (χ0) is 16.9. The van der Waals surface area contributed by atoms with Gasteiger partial charge in [0, 0.05) is 5.56 Å². The number of aldehydes is 1. The highest BCUT2D eigenvalue weighted by molar-refractivity contribution is 5.77. The maximum atomic E-state index is 10.9. The topological polar surface area (TPSA) is 32.3 Å². The molecule has 0 spiro atoms. The summed E-state index contributed by atoms with van der Waals surface area (Å²) in [5.41, 5.74) is 9.53. The number of hydrogen-bond acceptors (Lipinski definition) is 3. The highest BCUT2D eigenvalue weighted by Gasteiger charge is 2.09. The zero-order valence-electron chi connectivity index (χ0n) is 13.9. The molecule has 0 fully saturated rings. The fraction of sp³-hybridized carbons (Fsp3) is 0.0952. The molecule has 0 unspecified atom stereocenters. The Morgan fingerprint density at radius 3 is 1.67 bits per heavy atom. The summed E-state index contributed by atoms with van der Waals surface area (Å²) < 4.78 is 0. The van der Waals surface area contributed by atoms with Crippen molar-refractivity contribution in [3.8, 4) is 0 Å². The molecule has 0 aliphatic carbocycles. The number of hydrogen-bond donors (Lipinski definition) is 1. The number of rotatable bonds is 5. The average molecular weight is 316 g/mol. The summed E-state index contributed by atoms with van der Waals surface area (Å²) in [7, 11) is 0. The van der Waals surface area contributed by atoms with Gasteiger partial charge in [-0.05, 0) is 62.4 Å². The molecule has 0 atom stereocenters. The first kappa shape index (κ1) is 15.8. The second-order valence-electron chi connectivity index (χ2n) is 5.86. The first-order valence-electron chi connectivity index (χ1n) is 7.91. The van der Waals surface area contributed by atoms with Crippen molar-refractivity contribution in [3.63, 3.8) is 0 Å². The molecule has 0 saturated heterocycles. The molecule has 0 aromatic heterocycles. The lowest BCUT2D eigenvalue weighted by atomic mass is 10.2. The molecule has 0 heterocycles. The minimum absolute atomic E-state index is 0.665. The van der Waals surface area contributed by atoms with Crippen molar-refractivity contribution in [2.45, 2.75) is 13.8 Å². The lowest BCUT2D eigenvalue weighted by molar-refractivity contribution is 0.112. The molecule has 3 heteroatoms. The van der Waals surface area contributed by atoms with E-state index >= 15 is 0 Å². The molecule has 24 heavy (non-hydrogen) atoms. The van der Waals surface area contributed by atoms with Crippen molar-refractivity contribution in [3.05, 3.63) is 89.5 Å². The predicted octanol–water partition coefficient (Wildman–Crippen LogP) is 5.28. The monoisotopic (exact) mass is 316 g/mol. The van der Waals surface area contributed by atoms with Crippen LogP contribution in [0.5, 0.6) is 0 Å². The van der Waals surface area contributed by atoms with Crippen molar-refractivity contribution >= 4 is 23.3 Å². The first-order chi connectivity index (χ1) is 11.7. The maximum absolute atomic E-state index is 10.9. The van der Waals surface area contributed by atoms with Gasteiger partial charge < -0.3 is 0 Å². The van der Waals surface area contributed by atoms with Crippen LogP contribution in [0.1, 0.15) is 21.5 Å². The van der Waals surface area contributed by atoms with Gasteiger partial charge in [-0.1, -0.05) is 35.4 Å². The molecule has 0 saturated carbocycles. The summed E-state index contributed by atoms with van der Waals surface area (Å²) >= 11 is 0. The number of aryl methyl sites for hydroxylation is 2. The van der Waals surface area contributed by atoms with E-state index < -0.39 is 0 Å². The van der Waals surface area contributed by atoms with E-state index in [1.54, 1.807) is 0 Å². The van der Waals surface area contributed by atoms with Crippen LogP contribution in [0.4, 0.5) is 17.1 Å². The van der Waals surface area contributed by atoms with Gasteiger partial charge in [-0.3, -0.25) is 15.2 Å². The fourth-order valence-electron chi connectivity index (χ4n) is 2.43. The minimum atomic E-state index is 0.665. The highest BCUT2D eigenvalue weighted by Crippen LogP contribution is 2.27. The summed E-state index contributed by atoms with van der Waals surface area (Å²) in [4.78, 5) is 10.9. The number of hydrazine groups is 1. The molecular weight excluding hydrogens is 296 g/mol. The SMILES string of the molecule is Cc1ccc(NN(c2ccc(C)cc2)c2ccc(C=O)cc2)cc1. The maximum Gasteiger partial charge on any atom is 0.150 e. The largest absolute Gasteiger partial charge is 0.298 e. The van der Waals surface area contributed by atoms with Crippen LogP contribution < -0.4 is 10.4 Å². The summed E-state index contributed by atoms with van der Waals surface area (Å²) in [6.07, 6.45) is 0.855. The summed E-state index contributed by atoms with van der Waals surface area (Å²) in [6, 6.07) is 24.1. The van der Waals surface area contributed by atoms with E-state index in [4.69, 9.17) is 0 Å². The van der Waals surface area contributed by atoms with Gasteiger partial charge in [0.15, 0.2) is 0 Å². The van der Waals surface area contributed by atoms with Gasteiger partial charge in [0.2, 0.25) is 0 Å². The number of carbonyl (C=O) groups excluding carboxylic acids is 1. The number of nitrogens with one attached hydrogen (secondary N) is 1. The van der Waals surface area contributed by atoms with E-state index in [9.17, 15) is 4.79 Å². The van der Waals surface area contributed by atoms with Gasteiger partial charge in [0.25, 0.3) is 0 Å². The molecule has 120 valence electrons. The van der Waals surface area contributed by atoms with Crippen LogP contribution in [-0.4, -0.2) is 6.29 Å². The average Bonchev–Trinajstić information content (AvgIpc) is 2.62. The Balaban J connectivity index is 1.97. The molecule has 3 aromatic rings. The Morgan fingerprint density at radius 2 is 1.17 bits per heavy atom. The van der Waals surface area contributed by atoms with E-state index in [1.165, 1.54) is 11.1 Å². The van der Waals surface area contributed by atoms with Crippen molar-refractivity contribution in [2.24, 2.45) is 0 Å². The number of benzene rings is 3. The van der Waals surface area contributed by atoms with Crippen molar-refractivity contribution in [1.29, 1.82) is 0 Å². The lowest BCUT2D eigenvalue weighted by Gasteiger charge is -2.27. The van der Waals surface area contributed by atoms with Gasteiger partial charge >= 0.3 is 0 Å². The molecule has 3 rings (SSSR count). The van der Waals surface area contributed by atoms with Gasteiger partial charge in [-0.2, -0.15) is 0 Å². The van der Waals surface area contributed by atoms with E-state index in [0.717, 1.165) is 23.3 Å². The van der Waals surface area contributed by atoms with E-state index in [-0.39, 0.29) is 0 Å². The van der Waals surface area contributed by atoms with Crippen LogP contribution in [0, 0.1) is 13.8 Å². The van der Waals surface area contributed by atoms with E-state index in [1.807, 2.05) is 29.3 Å². The van der Waals surface area contributed by atoms with Crippen LogP contribution >= 0.6 is 0 Å². The number of anilines is 3. The van der Waals surface area contributed by atoms with Gasteiger partial charge in [-0.25, -0.2) is 0 Å². The lowest BCUT2D eigenvalue weighted by Crippen LogP contribution is -2.24. The smallest absolute Gasteiger partial charge is 0.150 e. The number of nitrogens with zero attached hydrogens (tertiary/aromatic N) is 1. The molecular formula is C21H20N2O. The van der Waals surface area contributed by atoms with E-state index in [2.05, 4.69) is 67.8 Å². The van der Waals surface area contributed by atoms with Crippen molar-refractivity contribution in [1.82, 2.24) is 0 Å². The Labute approximate surface area is 142 Å². The van der Waals surface area contributed by atoms with Gasteiger partial charge in [-0.15, -0.1) is 0 Å². The second kappa shape index (κ2) is 7.01. The molecule has 0 amide bonds. The van der Waals surface area contributed by atoms with E-state index in [0.29, 0.717) is 5.56 Å². The Bertz CT molecular complexity index is 806. The van der Waals surface area contributed by atoms with Gasteiger partial charge in [0.1, 0.15) is 6.29 Å². The molecule has 0 aliphatic rings. The molecule has 0 bridgehead atoms. The quantitative estimate of drug-likeness (QED) is 0.513. The molecule has 0 radical (unpaired) electrons. The third kappa shape index (κ3) is 3.63. The van der Waals surface area contributed by atoms with Gasteiger partial charge in [0.05, 0.1) is 17.1 Å². The molecule has 3 aromatic carbocycles. The van der Waals surface area contributed by atoms with Crippen LogP contribution in [0.3, 0.4) is 0 Å². The van der Waals surface area contributed by atoms with Crippen LogP contribution in [-0.2, 0) is 0 Å². The highest BCUT2D eigenvalue weighted by atomic mass is 16.1. The molecule has 0 aliphatic heterocycles. The summed E-state index contributed by atoms with van der Waals surface area (Å²) in [6.45, 7) is 4.14. The third-order valence-electron chi connectivity index (χ3n) is 3.87. The summed E-state index contributed by atoms with van der Waals surface area (Å²) in [5, 5.41) is 2.01. The first-order valence-corrected chi connectivity index (χ1v) is 7.91. The second-order valence-corrected chi connectivity index (χ2v) is 5.86. The molecule has 3 nitrogen and oxygen atoms in total. The molecule has 1 N–H and O–H groups in total. The Morgan fingerprint density at radius 1 is 0.708 bits per heavy atom. The van der Waals surface area contributed by atoms with Crippen molar-refractivity contribution < 1.29 is 4.79 Å².